The molecule has 0 fully saturated rings. The van der Waals surface area contributed by atoms with E-state index < -0.39 is 26.5 Å². The largest absolute Gasteiger partial charge is 0.472 e. The van der Waals surface area contributed by atoms with Crippen LogP contribution >= 0.6 is 7.82 Å². The van der Waals surface area contributed by atoms with Crippen molar-refractivity contribution in [1.82, 2.24) is 0 Å². The van der Waals surface area contributed by atoms with Crippen molar-refractivity contribution in [3.05, 3.63) is 0 Å². The highest BCUT2D eigenvalue weighted by Crippen LogP contribution is 2.43. The van der Waals surface area contributed by atoms with E-state index in [0.29, 0.717) is 23.9 Å². The number of carbonyl (C=O) groups excluding carboxylic acids is 2. The van der Waals surface area contributed by atoms with Crippen LogP contribution in [0.2, 0.25) is 0 Å². The molecule has 0 saturated heterocycles. The smallest absolute Gasteiger partial charge is 0.462 e. The van der Waals surface area contributed by atoms with Gasteiger partial charge >= 0.3 is 19.8 Å². The fourth-order valence-electron chi connectivity index (χ4n) is 4.64. The van der Waals surface area contributed by atoms with Gasteiger partial charge in [0.25, 0.3) is 0 Å². The molecule has 43 heavy (non-hydrogen) atoms. The second-order valence-corrected chi connectivity index (χ2v) is 14.4. The molecule has 0 aliphatic rings. The van der Waals surface area contributed by atoms with Crippen LogP contribution in [0.3, 0.4) is 0 Å². The van der Waals surface area contributed by atoms with Gasteiger partial charge in [-0.3, -0.25) is 18.6 Å². The lowest BCUT2D eigenvalue weighted by molar-refractivity contribution is -0.870. The zero-order valence-electron chi connectivity index (χ0n) is 28.5. The predicted molar refractivity (Wildman–Crippen MR) is 174 cm³/mol. The van der Waals surface area contributed by atoms with Crippen LogP contribution in [0.25, 0.3) is 0 Å². The zero-order chi connectivity index (χ0) is 32.2. The average Bonchev–Trinajstić information content (AvgIpc) is 2.93. The van der Waals surface area contributed by atoms with Gasteiger partial charge in [0.05, 0.1) is 27.7 Å². The molecule has 2 atom stereocenters. The van der Waals surface area contributed by atoms with E-state index in [0.717, 1.165) is 19.3 Å². The topological polar surface area (TPSA) is 108 Å². The van der Waals surface area contributed by atoms with E-state index >= 15 is 0 Å². The molecular formula is C33H67NO8P+. The van der Waals surface area contributed by atoms with Gasteiger partial charge in [0.15, 0.2) is 6.10 Å². The van der Waals surface area contributed by atoms with Crippen molar-refractivity contribution in [1.29, 1.82) is 0 Å². The maximum atomic E-state index is 12.2. The number of rotatable bonds is 31. The maximum Gasteiger partial charge on any atom is 0.472 e. The van der Waals surface area contributed by atoms with Crippen LogP contribution < -0.4 is 0 Å². The van der Waals surface area contributed by atoms with Crippen LogP contribution in [0.5, 0.6) is 0 Å². The Labute approximate surface area is 264 Å². The van der Waals surface area contributed by atoms with Gasteiger partial charge in [-0.15, -0.1) is 0 Å². The number of nitrogens with zero attached hydrogens (tertiary/aromatic N) is 1. The number of unbranched alkanes of at least 4 members (excludes halogenated alkanes) is 17. The number of esters is 2. The lowest BCUT2D eigenvalue weighted by Gasteiger charge is -2.24. The third-order valence-corrected chi connectivity index (χ3v) is 8.34. The molecule has 0 amide bonds. The lowest BCUT2D eigenvalue weighted by atomic mass is 10.0. The predicted octanol–water partition coefficient (Wildman–Crippen LogP) is 8.51. The highest BCUT2D eigenvalue weighted by Gasteiger charge is 2.26. The second-order valence-electron chi connectivity index (χ2n) is 12.9. The summed E-state index contributed by atoms with van der Waals surface area (Å²) >= 11 is 0. The standard InChI is InChI=1S/C33H66NO8P/c1-6-8-9-10-11-12-13-14-15-16-17-18-19-20-21-22-23-24-26-32(35)39-29-31(42-33(36)25-7-2)30-41-43(37,38)40-28-27-34(3,4)5/h31H,6-30H2,1-5H3/p+1/t31-/m1/s1. The van der Waals surface area contributed by atoms with E-state index in [2.05, 4.69) is 6.92 Å². The molecule has 0 heterocycles. The molecule has 0 rings (SSSR count). The molecule has 0 spiro atoms. The van der Waals surface area contributed by atoms with Crippen molar-refractivity contribution >= 4 is 19.8 Å². The van der Waals surface area contributed by atoms with Gasteiger partial charge in [0.1, 0.15) is 19.8 Å². The number of carbonyl (C=O) groups is 2. The van der Waals surface area contributed by atoms with Gasteiger partial charge in [-0.25, -0.2) is 4.57 Å². The van der Waals surface area contributed by atoms with E-state index in [-0.39, 0.29) is 25.6 Å². The van der Waals surface area contributed by atoms with Gasteiger partial charge in [-0.2, -0.15) is 0 Å². The average molecular weight is 637 g/mol. The Bertz CT molecular complexity index is 728. The minimum Gasteiger partial charge on any atom is -0.462 e. The molecule has 0 aliphatic heterocycles. The minimum atomic E-state index is -4.33. The normalized spacial score (nSPS) is 13.9. The lowest BCUT2D eigenvalue weighted by Crippen LogP contribution is -2.37. The SMILES string of the molecule is CCCCCCCCCCCCCCCCCCCCC(=O)OC[C@H](COP(=O)(O)OCC[N+](C)(C)C)OC(=O)CCC. The summed E-state index contributed by atoms with van der Waals surface area (Å²) in [6, 6.07) is 0. The Morgan fingerprint density at radius 3 is 1.53 bits per heavy atom. The van der Waals surface area contributed by atoms with Crippen LogP contribution in [-0.2, 0) is 32.7 Å². The monoisotopic (exact) mass is 636 g/mol. The summed E-state index contributed by atoms with van der Waals surface area (Å²) in [4.78, 5) is 34.2. The molecular weight excluding hydrogens is 569 g/mol. The molecule has 256 valence electrons. The fraction of sp³-hybridized carbons (Fsp3) is 0.939. The summed E-state index contributed by atoms with van der Waals surface area (Å²) in [5.74, 6) is -0.853. The third-order valence-electron chi connectivity index (χ3n) is 7.36. The van der Waals surface area contributed by atoms with Crippen LogP contribution in [0, 0.1) is 0 Å². The first-order valence-electron chi connectivity index (χ1n) is 17.3. The number of phosphoric ester groups is 1. The number of hydrogen-bond acceptors (Lipinski definition) is 7. The maximum absolute atomic E-state index is 12.2. The van der Waals surface area contributed by atoms with E-state index in [4.69, 9.17) is 18.5 Å². The number of hydrogen-bond donors (Lipinski definition) is 1. The first kappa shape index (κ1) is 42.0. The van der Waals surface area contributed by atoms with E-state index in [9.17, 15) is 19.0 Å². The first-order valence-corrected chi connectivity index (χ1v) is 18.8. The summed E-state index contributed by atoms with van der Waals surface area (Å²) < 4.78 is 33.4. The van der Waals surface area contributed by atoms with Gasteiger partial charge < -0.3 is 18.9 Å². The molecule has 0 aromatic carbocycles. The molecule has 0 saturated carbocycles. The highest BCUT2D eigenvalue weighted by atomic mass is 31.2. The van der Waals surface area contributed by atoms with Crippen molar-refractivity contribution < 1.29 is 42.1 Å². The Morgan fingerprint density at radius 2 is 1.09 bits per heavy atom. The molecule has 0 aromatic rings. The summed E-state index contributed by atoms with van der Waals surface area (Å²) in [7, 11) is 1.48. The quantitative estimate of drug-likeness (QED) is 0.0349. The van der Waals surface area contributed by atoms with Gasteiger partial charge in [-0.1, -0.05) is 123 Å². The molecule has 0 aliphatic carbocycles. The van der Waals surface area contributed by atoms with Gasteiger partial charge in [-0.05, 0) is 12.8 Å². The summed E-state index contributed by atoms with van der Waals surface area (Å²) in [5.41, 5.74) is 0. The number of likely N-dealkylation sites (N-methyl/N-ethyl adjacent to an activating group) is 1. The van der Waals surface area contributed by atoms with Crippen molar-refractivity contribution in [2.75, 3.05) is 47.5 Å². The number of ether oxygens (including phenoxy) is 2. The van der Waals surface area contributed by atoms with Crippen LogP contribution in [-0.4, -0.2) is 74.9 Å². The molecule has 1 unspecified atom stereocenters. The van der Waals surface area contributed by atoms with Gasteiger partial charge in [0.2, 0.25) is 0 Å². The molecule has 0 bridgehead atoms. The molecule has 0 aromatic heterocycles. The number of quaternary nitrogens is 1. The molecule has 10 heteroatoms. The fourth-order valence-corrected chi connectivity index (χ4v) is 5.38. The van der Waals surface area contributed by atoms with Crippen LogP contribution in [0.4, 0.5) is 0 Å². The molecule has 1 N–H and O–H groups in total. The minimum absolute atomic E-state index is 0.0337. The summed E-state index contributed by atoms with van der Waals surface area (Å²) in [6.07, 6.45) is 23.3. The Morgan fingerprint density at radius 1 is 0.628 bits per heavy atom. The summed E-state index contributed by atoms with van der Waals surface area (Å²) in [6.45, 7) is 4.03. The zero-order valence-corrected chi connectivity index (χ0v) is 29.3. The van der Waals surface area contributed by atoms with E-state index in [1.807, 2.05) is 28.1 Å². The number of phosphoric acid groups is 1. The Balaban J connectivity index is 3.94. The first-order chi connectivity index (χ1) is 20.5. The van der Waals surface area contributed by atoms with E-state index in [1.54, 1.807) is 0 Å². The third kappa shape index (κ3) is 30.8. The van der Waals surface area contributed by atoms with Crippen molar-refractivity contribution in [3.63, 3.8) is 0 Å². The van der Waals surface area contributed by atoms with Crippen LogP contribution in [0.15, 0.2) is 0 Å². The van der Waals surface area contributed by atoms with E-state index in [1.165, 1.54) is 96.3 Å². The molecule has 9 nitrogen and oxygen atoms in total. The highest BCUT2D eigenvalue weighted by molar-refractivity contribution is 7.47. The Hall–Kier alpha value is -0.990. The second kappa shape index (κ2) is 27.3. The van der Waals surface area contributed by atoms with Crippen LogP contribution in [0.1, 0.15) is 149 Å². The van der Waals surface area contributed by atoms with Crippen molar-refractivity contribution in [3.8, 4) is 0 Å². The Kier molecular flexibility index (Phi) is 26.7. The summed E-state index contributed by atoms with van der Waals surface area (Å²) in [5, 5.41) is 0. The van der Waals surface area contributed by atoms with Crippen molar-refractivity contribution in [2.45, 2.75) is 155 Å². The van der Waals surface area contributed by atoms with Crippen molar-refractivity contribution in [2.24, 2.45) is 0 Å². The van der Waals surface area contributed by atoms with Gasteiger partial charge in [0, 0.05) is 12.8 Å². The molecule has 0 radical (unpaired) electrons.